The van der Waals surface area contributed by atoms with E-state index in [2.05, 4.69) is 52.0 Å². The molecule has 0 heterocycles. The second-order valence-corrected chi connectivity index (χ2v) is 6.83. The van der Waals surface area contributed by atoms with Crippen molar-refractivity contribution in [1.29, 1.82) is 0 Å². The summed E-state index contributed by atoms with van der Waals surface area (Å²) in [4.78, 5) is 0. The predicted octanol–water partition coefficient (Wildman–Crippen LogP) is 5.04. The minimum atomic E-state index is 0.873. The lowest BCUT2D eigenvalue weighted by molar-refractivity contribution is 0.673. The van der Waals surface area contributed by atoms with Crippen molar-refractivity contribution in [3.05, 3.63) is 57.6 Å². The molecule has 0 atom stereocenters. The zero-order valence-electron chi connectivity index (χ0n) is 15.0. The first-order valence-electron chi connectivity index (χ1n) is 8.59. The van der Waals surface area contributed by atoms with Crippen LogP contribution in [0.3, 0.4) is 0 Å². The second-order valence-electron chi connectivity index (χ2n) is 6.83. The zero-order valence-corrected chi connectivity index (χ0v) is 15.0. The zero-order chi connectivity index (χ0) is 17.0. The van der Waals surface area contributed by atoms with Crippen LogP contribution < -0.4 is 11.5 Å². The highest BCUT2D eigenvalue weighted by molar-refractivity contribution is 5.49. The molecule has 124 valence electrons. The lowest BCUT2D eigenvalue weighted by atomic mass is 9.94. The second kappa shape index (κ2) is 7.54. The fourth-order valence-electron chi connectivity index (χ4n) is 3.62. The van der Waals surface area contributed by atoms with Crippen LogP contribution in [-0.2, 0) is 12.8 Å². The monoisotopic (exact) mass is 310 g/mol. The molecule has 23 heavy (non-hydrogen) atoms. The van der Waals surface area contributed by atoms with Gasteiger partial charge in [-0.1, -0.05) is 6.42 Å². The van der Waals surface area contributed by atoms with Gasteiger partial charge in [0.1, 0.15) is 0 Å². The molecule has 2 heteroatoms. The molecular formula is C21H30N2. The number of hydrogen-bond donors (Lipinski definition) is 2. The first-order chi connectivity index (χ1) is 10.9. The summed E-state index contributed by atoms with van der Waals surface area (Å²) in [5, 5.41) is 0. The van der Waals surface area contributed by atoms with Gasteiger partial charge in [-0.2, -0.15) is 0 Å². The highest BCUT2D eigenvalue weighted by Gasteiger charge is 2.06. The number of unbranched alkanes of at least 4 members (excludes halogenated alkanes) is 2. The van der Waals surface area contributed by atoms with Gasteiger partial charge in [-0.15, -0.1) is 0 Å². The van der Waals surface area contributed by atoms with Crippen molar-refractivity contribution < 1.29 is 0 Å². The number of hydrogen-bond acceptors (Lipinski definition) is 2. The Morgan fingerprint density at radius 2 is 0.870 bits per heavy atom. The summed E-state index contributed by atoms with van der Waals surface area (Å²) < 4.78 is 0. The molecular weight excluding hydrogens is 280 g/mol. The van der Waals surface area contributed by atoms with Crippen molar-refractivity contribution in [3.63, 3.8) is 0 Å². The molecule has 0 saturated heterocycles. The highest BCUT2D eigenvalue weighted by Crippen LogP contribution is 2.22. The Balaban J connectivity index is 1.85. The van der Waals surface area contributed by atoms with Crippen LogP contribution in [0, 0.1) is 27.7 Å². The highest BCUT2D eigenvalue weighted by atomic mass is 14.5. The summed E-state index contributed by atoms with van der Waals surface area (Å²) in [5.74, 6) is 0. The van der Waals surface area contributed by atoms with Gasteiger partial charge in [0.2, 0.25) is 0 Å². The number of anilines is 2. The van der Waals surface area contributed by atoms with Crippen LogP contribution in [-0.4, -0.2) is 0 Å². The number of aryl methyl sites for hydroxylation is 4. The quantitative estimate of drug-likeness (QED) is 0.580. The van der Waals surface area contributed by atoms with E-state index in [1.165, 1.54) is 52.6 Å². The summed E-state index contributed by atoms with van der Waals surface area (Å²) in [6, 6.07) is 8.35. The molecule has 2 nitrogen and oxygen atoms in total. The molecule has 0 radical (unpaired) electrons. The Kier molecular flexibility index (Phi) is 5.70. The van der Waals surface area contributed by atoms with E-state index in [1.54, 1.807) is 0 Å². The number of nitrogens with two attached hydrogens (primary N) is 2. The largest absolute Gasteiger partial charge is 0.399 e. The van der Waals surface area contributed by atoms with Crippen molar-refractivity contribution in [2.45, 2.75) is 59.8 Å². The average molecular weight is 310 g/mol. The van der Waals surface area contributed by atoms with E-state index in [9.17, 15) is 0 Å². The van der Waals surface area contributed by atoms with E-state index in [4.69, 9.17) is 11.5 Å². The molecule has 0 aliphatic heterocycles. The van der Waals surface area contributed by atoms with Gasteiger partial charge in [-0.05, 0) is 111 Å². The molecule has 0 unspecified atom stereocenters. The smallest absolute Gasteiger partial charge is 0.0319 e. The maximum atomic E-state index is 5.90. The van der Waals surface area contributed by atoms with E-state index >= 15 is 0 Å². The van der Waals surface area contributed by atoms with E-state index in [1.807, 2.05) is 0 Å². The first kappa shape index (κ1) is 17.4. The van der Waals surface area contributed by atoms with Gasteiger partial charge < -0.3 is 11.5 Å². The van der Waals surface area contributed by atoms with E-state index in [-0.39, 0.29) is 0 Å². The summed E-state index contributed by atoms with van der Waals surface area (Å²) in [6.45, 7) is 8.67. The van der Waals surface area contributed by atoms with Crippen LogP contribution in [0.4, 0.5) is 11.4 Å². The maximum absolute atomic E-state index is 5.90. The molecule has 0 spiro atoms. The van der Waals surface area contributed by atoms with Crippen LogP contribution in [0.1, 0.15) is 52.6 Å². The molecule has 2 aromatic carbocycles. The van der Waals surface area contributed by atoms with E-state index < -0.39 is 0 Å². The Labute approximate surface area is 140 Å². The molecule has 0 aliphatic rings. The van der Waals surface area contributed by atoms with Gasteiger partial charge in [0.15, 0.2) is 0 Å². The van der Waals surface area contributed by atoms with Gasteiger partial charge >= 0.3 is 0 Å². The van der Waals surface area contributed by atoms with Gasteiger partial charge in [-0.3, -0.25) is 0 Å². The van der Waals surface area contributed by atoms with Crippen LogP contribution >= 0.6 is 0 Å². The number of nitrogen functional groups attached to an aromatic ring is 2. The lowest BCUT2D eigenvalue weighted by Gasteiger charge is -2.12. The molecule has 0 saturated carbocycles. The molecule has 0 fully saturated rings. The summed E-state index contributed by atoms with van der Waals surface area (Å²) >= 11 is 0. The van der Waals surface area contributed by atoms with Gasteiger partial charge in [0, 0.05) is 11.4 Å². The first-order valence-corrected chi connectivity index (χ1v) is 8.59. The molecule has 2 rings (SSSR count). The third-order valence-corrected chi connectivity index (χ3v) is 4.79. The topological polar surface area (TPSA) is 52.0 Å². The van der Waals surface area contributed by atoms with Crippen molar-refractivity contribution in [1.82, 2.24) is 0 Å². The SMILES string of the molecule is Cc1cc(N)cc(C)c1CCCCCc1c(C)cc(N)cc1C. The van der Waals surface area contributed by atoms with Crippen LogP contribution in [0.2, 0.25) is 0 Å². The van der Waals surface area contributed by atoms with E-state index in [0.29, 0.717) is 0 Å². The summed E-state index contributed by atoms with van der Waals surface area (Å²) in [7, 11) is 0. The third-order valence-electron chi connectivity index (χ3n) is 4.79. The fourth-order valence-corrected chi connectivity index (χ4v) is 3.62. The predicted molar refractivity (Wildman–Crippen MR) is 102 cm³/mol. The molecule has 0 aromatic heterocycles. The fraction of sp³-hybridized carbons (Fsp3) is 0.429. The maximum Gasteiger partial charge on any atom is 0.0319 e. The van der Waals surface area contributed by atoms with Gasteiger partial charge in [0.05, 0.1) is 0 Å². The molecule has 4 N–H and O–H groups in total. The summed E-state index contributed by atoms with van der Waals surface area (Å²) in [6.07, 6.45) is 6.03. The van der Waals surface area contributed by atoms with E-state index in [0.717, 1.165) is 24.2 Å². The van der Waals surface area contributed by atoms with Crippen molar-refractivity contribution >= 4 is 11.4 Å². The Morgan fingerprint density at radius 1 is 0.565 bits per heavy atom. The van der Waals surface area contributed by atoms with Crippen LogP contribution in [0.15, 0.2) is 24.3 Å². The number of benzene rings is 2. The lowest BCUT2D eigenvalue weighted by Crippen LogP contribution is -1.99. The minimum absolute atomic E-state index is 0.873. The molecule has 0 bridgehead atoms. The summed E-state index contributed by atoms with van der Waals surface area (Å²) in [5.41, 5.74) is 21.8. The minimum Gasteiger partial charge on any atom is -0.399 e. The Bertz CT molecular complexity index is 581. The van der Waals surface area contributed by atoms with Crippen molar-refractivity contribution in [2.24, 2.45) is 0 Å². The molecule has 0 aliphatic carbocycles. The van der Waals surface area contributed by atoms with Crippen LogP contribution in [0.25, 0.3) is 0 Å². The normalized spacial score (nSPS) is 11.0. The standard InChI is InChI=1S/C21H30N2/c1-14-10-18(22)11-15(2)20(14)8-6-5-7-9-21-16(3)12-19(23)13-17(21)4/h10-13H,5-9,22-23H2,1-4H3. The van der Waals surface area contributed by atoms with Crippen molar-refractivity contribution in [2.75, 3.05) is 11.5 Å². The molecule has 2 aromatic rings. The van der Waals surface area contributed by atoms with Gasteiger partial charge in [-0.25, -0.2) is 0 Å². The number of rotatable bonds is 6. The van der Waals surface area contributed by atoms with Gasteiger partial charge in [0.25, 0.3) is 0 Å². The van der Waals surface area contributed by atoms with Crippen LogP contribution in [0.5, 0.6) is 0 Å². The van der Waals surface area contributed by atoms with Crippen molar-refractivity contribution in [3.8, 4) is 0 Å². The Hall–Kier alpha value is -1.96. The Morgan fingerprint density at radius 3 is 1.17 bits per heavy atom. The third kappa shape index (κ3) is 4.51. The average Bonchev–Trinajstić information content (AvgIpc) is 2.42. The molecule has 0 amide bonds.